The molecule has 0 aliphatic heterocycles. The van der Waals surface area contributed by atoms with E-state index < -0.39 is 32.8 Å². The summed E-state index contributed by atoms with van der Waals surface area (Å²) in [5.74, 6) is -1.86. The molecule has 6 nitrogen and oxygen atoms in total. The minimum atomic E-state index is -0.999. The minimum absolute atomic E-state index is 0.00445. The van der Waals surface area contributed by atoms with Gasteiger partial charge in [0.15, 0.2) is 16.4 Å². The van der Waals surface area contributed by atoms with E-state index in [0.717, 1.165) is 24.3 Å². The molecule has 0 saturated carbocycles. The van der Waals surface area contributed by atoms with Crippen molar-refractivity contribution in [2.75, 3.05) is 0 Å². The maximum Gasteiger partial charge on any atom is 0.306 e. The van der Waals surface area contributed by atoms with Gasteiger partial charge in [0.1, 0.15) is 5.65 Å². The van der Waals surface area contributed by atoms with Crippen LogP contribution >= 0.6 is 11.6 Å². The van der Waals surface area contributed by atoms with E-state index in [1.807, 2.05) is 0 Å². The van der Waals surface area contributed by atoms with Gasteiger partial charge in [0.2, 0.25) is 5.82 Å². The summed E-state index contributed by atoms with van der Waals surface area (Å²) in [5.41, 5.74) is -1.04. The Bertz CT molecular complexity index is 1020. The van der Waals surface area contributed by atoms with Gasteiger partial charge in [-0.15, -0.1) is 0 Å². The van der Waals surface area contributed by atoms with Crippen LogP contribution in [0.3, 0.4) is 0 Å². The fourth-order valence-electron chi connectivity index (χ4n) is 2.12. The average Bonchev–Trinajstić information content (AvgIpc) is 2.50. The van der Waals surface area contributed by atoms with Crippen LogP contribution in [0.2, 0.25) is 5.15 Å². The predicted molar refractivity (Wildman–Crippen MR) is 78.9 cm³/mol. The lowest BCUT2D eigenvalue weighted by Gasteiger charge is -2.10. The molecular weight excluding hydrogens is 332 g/mol. The first kappa shape index (κ1) is 15.0. The summed E-state index contributed by atoms with van der Waals surface area (Å²) in [5, 5.41) is 10.3. The minimum Gasteiger partial charge on any atom is -0.301 e. The molecule has 3 rings (SSSR count). The number of aromatic nitrogens is 2. The van der Waals surface area contributed by atoms with Crippen molar-refractivity contribution in [2.45, 2.75) is 0 Å². The molecule has 0 aliphatic carbocycles. The second-order valence-electron chi connectivity index (χ2n) is 4.57. The van der Waals surface area contributed by atoms with Crippen LogP contribution in [-0.2, 0) is 0 Å². The fourth-order valence-corrected chi connectivity index (χ4v) is 2.26. The van der Waals surface area contributed by atoms with Crippen LogP contribution in [0.1, 0.15) is 0 Å². The third kappa shape index (κ3) is 2.53. The van der Waals surface area contributed by atoms with Gasteiger partial charge in [-0.05, 0) is 18.2 Å². The van der Waals surface area contributed by atoms with Crippen LogP contribution in [-0.4, -0.2) is 14.5 Å². The van der Waals surface area contributed by atoms with E-state index in [4.69, 9.17) is 11.6 Å². The van der Waals surface area contributed by atoms with Crippen LogP contribution < -0.4 is 5.43 Å². The van der Waals surface area contributed by atoms with Gasteiger partial charge >= 0.3 is 5.69 Å². The quantitative estimate of drug-likeness (QED) is 0.408. The number of rotatable bonds is 2. The highest BCUT2D eigenvalue weighted by Crippen LogP contribution is 2.24. The number of pyridine rings is 2. The topological polar surface area (TPSA) is 78.0 Å². The lowest BCUT2D eigenvalue weighted by Crippen LogP contribution is -2.09. The van der Waals surface area contributed by atoms with E-state index >= 15 is 0 Å². The molecule has 0 radical (unpaired) electrons. The second-order valence-corrected chi connectivity index (χ2v) is 4.93. The number of nitro benzene ring substituents is 1. The summed E-state index contributed by atoms with van der Waals surface area (Å²) >= 11 is 5.64. The molecule has 23 heavy (non-hydrogen) atoms. The number of hydrogen-bond acceptors (Lipinski definition) is 4. The van der Waals surface area contributed by atoms with Crippen LogP contribution in [0.25, 0.3) is 16.7 Å². The summed E-state index contributed by atoms with van der Waals surface area (Å²) in [6.07, 6.45) is 1.29. The van der Waals surface area contributed by atoms with Crippen molar-refractivity contribution >= 4 is 28.3 Å². The lowest BCUT2D eigenvalue weighted by molar-refractivity contribution is -0.387. The summed E-state index contributed by atoms with van der Waals surface area (Å²) in [6.45, 7) is 0. The average molecular weight is 338 g/mol. The van der Waals surface area contributed by atoms with Gasteiger partial charge in [-0.1, -0.05) is 11.6 Å². The third-order valence-corrected chi connectivity index (χ3v) is 3.45. The smallest absolute Gasteiger partial charge is 0.301 e. The highest BCUT2D eigenvalue weighted by molar-refractivity contribution is 6.29. The third-order valence-electron chi connectivity index (χ3n) is 3.19. The number of fused-ring (bicyclic) bond motifs is 1. The van der Waals surface area contributed by atoms with E-state index in [1.54, 1.807) is 0 Å². The standard InChI is InChI=1S/C14H6ClF2N3O3/c15-13-10(17)6-8-12(21)3-4-19(14(8)18-13)7-1-2-9(16)11(5-7)20(22)23/h1-6H. The molecule has 0 atom stereocenters. The number of halogens is 3. The molecule has 0 aliphatic rings. The highest BCUT2D eigenvalue weighted by atomic mass is 35.5. The molecule has 2 heterocycles. The van der Waals surface area contributed by atoms with Crippen molar-refractivity contribution in [3.63, 3.8) is 0 Å². The summed E-state index contributed by atoms with van der Waals surface area (Å²) in [6, 6.07) is 5.25. The van der Waals surface area contributed by atoms with Gasteiger partial charge in [-0.25, -0.2) is 9.37 Å². The van der Waals surface area contributed by atoms with Gasteiger partial charge in [0.25, 0.3) is 0 Å². The molecule has 0 unspecified atom stereocenters. The van der Waals surface area contributed by atoms with Crippen LogP contribution in [0.5, 0.6) is 0 Å². The van der Waals surface area contributed by atoms with E-state index in [9.17, 15) is 23.7 Å². The Morgan fingerprint density at radius 3 is 2.61 bits per heavy atom. The maximum absolute atomic E-state index is 13.5. The summed E-state index contributed by atoms with van der Waals surface area (Å²) in [4.78, 5) is 25.6. The van der Waals surface area contributed by atoms with E-state index in [0.29, 0.717) is 0 Å². The zero-order chi connectivity index (χ0) is 16.7. The highest BCUT2D eigenvalue weighted by Gasteiger charge is 2.17. The number of benzene rings is 1. The Hall–Kier alpha value is -2.87. The Labute approximate surface area is 131 Å². The van der Waals surface area contributed by atoms with Gasteiger partial charge in [-0.3, -0.25) is 14.9 Å². The molecule has 2 aromatic heterocycles. The van der Waals surface area contributed by atoms with Gasteiger partial charge in [0.05, 0.1) is 16.0 Å². The lowest BCUT2D eigenvalue weighted by atomic mass is 10.2. The van der Waals surface area contributed by atoms with Gasteiger partial charge in [0, 0.05) is 18.3 Å². The van der Waals surface area contributed by atoms with Crippen molar-refractivity contribution in [2.24, 2.45) is 0 Å². The molecule has 0 spiro atoms. The molecule has 0 fully saturated rings. The SMILES string of the molecule is O=c1ccn(-c2ccc(F)c([N+](=O)[O-])c2)c2nc(Cl)c(F)cc12. The summed E-state index contributed by atoms with van der Waals surface area (Å²) in [7, 11) is 0. The molecule has 9 heteroatoms. The molecule has 0 saturated heterocycles. The maximum atomic E-state index is 13.5. The number of nitrogens with zero attached hydrogens (tertiary/aromatic N) is 3. The second kappa shape index (κ2) is 5.40. The van der Waals surface area contributed by atoms with E-state index in [1.165, 1.54) is 16.8 Å². The first-order valence-electron chi connectivity index (χ1n) is 6.20. The number of nitro groups is 1. The van der Waals surface area contributed by atoms with Crippen molar-refractivity contribution in [1.29, 1.82) is 0 Å². The van der Waals surface area contributed by atoms with Crippen LogP contribution in [0.15, 0.2) is 41.3 Å². The van der Waals surface area contributed by atoms with Crippen molar-refractivity contribution < 1.29 is 13.7 Å². The molecule has 0 amide bonds. The molecule has 0 N–H and O–H groups in total. The molecule has 1 aromatic carbocycles. The van der Waals surface area contributed by atoms with E-state index in [2.05, 4.69) is 4.98 Å². The van der Waals surface area contributed by atoms with E-state index in [-0.39, 0.29) is 16.7 Å². The Balaban J connectivity index is 2.35. The fraction of sp³-hybridized carbons (Fsp3) is 0. The van der Waals surface area contributed by atoms with Gasteiger partial charge < -0.3 is 4.57 Å². The van der Waals surface area contributed by atoms with Crippen molar-refractivity contribution in [3.8, 4) is 5.69 Å². The predicted octanol–water partition coefficient (Wildman–Crippen LogP) is 3.23. The zero-order valence-corrected chi connectivity index (χ0v) is 11.9. The largest absolute Gasteiger partial charge is 0.306 e. The molecule has 116 valence electrons. The van der Waals surface area contributed by atoms with Crippen molar-refractivity contribution in [1.82, 2.24) is 9.55 Å². The molecular formula is C14H6ClF2N3O3. The zero-order valence-electron chi connectivity index (χ0n) is 11.2. The number of hydrogen-bond donors (Lipinski definition) is 0. The Morgan fingerprint density at radius 1 is 1.17 bits per heavy atom. The van der Waals surface area contributed by atoms with Gasteiger partial charge in [-0.2, -0.15) is 4.39 Å². The first-order chi connectivity index (χ1) is 10.9. The molecule has 0 bridgehead atoms. The Kier molecular flexibility index (Phi) is 3.53. The first-order valence-corrected chi connectivity index (χ1v) is 6.58. The van der Waals surface area contributed by atoms with Crippen LogP contribution in [0.4, 0.5) is 14.5 Å². The van der Waals surface area contributed by atoms with Crippen LogP contribution in [0, 0.1) is 21.7 Å². The monoisotopic (exact) mass is 337 g/mol. The normalized spacial score (nSPS) is 10.9. The summed E-state index contributed by atoms with van der Waals surface area (Å²) < 4.78 is 28.2. The van der Waals surface area contributed by atoms with Crippen molar-refractivity contribution in [3.05, 3.63) is 73.7 Å². The molecule has 3 aromatic rings. The Morgan fingerprint density at radius 2 is 1.91 bits per heavy atom.